The van der Waals surface area contributed by atoms with Crippen LogP contribution in [0.3, 0.4) is 0 Å². The molecule has 2 fully saturated rings. The summed E-state index contributed by atoms with van der Waals surface area (Å²) in [5.41, 5.74) is 0.946. The molecule has 6 rings (SSSR count). The summed E-state index contributed by atoms with van der Waals surface area (Å²) in [4.78, 5) is 12.7. The van der Waals surface area contributed by atoms with Crippen molar-refractivity contribution in [1.82, 2.24) is 0 Å². The average Bonchev–Trinajstić information content (AvgIpc) is 3.15. The molecule has 3 aliphatic heterocycles. The van der Waals surface area contributed by atoms with Crippen LogP contribution in [0.25, 0.3) is 12.2 Å². The van der Waals surface area contributed by atoms with Crippen LogP contribution in [-0.2, 0) is 23.7 Å². The first-order chi connectivity index (χ1) is 25.7. The molecule has 0 bridgehead atoms. The smallest absolute Gasteiger partial charge is 0.330 e. The van der Waals surface area contributed by atoms with Crippen LogP contribution in [0.4, 0.5) is 0 Å². The van der Waals surface area contributed by atoms with Crippen LogP contribution >= 0.6 is 0 Å². The SMILES string of the molecule is O=C(/C=C/c1ccc(O)c(O[C@@H]2O[C@@H](CO)[C@@H](O)[C@@H](O)[C@@H]2O)c1)OC[C@H]1O[C@@H](OC2=Cc3c(O)cc(O)cc3[OH+]C2c2ccc(O)cc2)[C@H](O)[C@H](O)[C@@H]1O. The normalized spacial score (nSPS) is 30.9. The zero-order chi connectivity index (χ0) is 38.8. The van der Waals surface area contributed by atoms with Gasteiger partial charge in [-0.15, -0.1) is 0 Å². The second kappa shape index (κ2) is 16.1. The van der Waals surface area contributed by atoms with E-state index in [4.69, 9.17) is 23.7 Å². The van der Waals surface area contributed by atoms with Gasteiger partial charge < -0.3 is 84.6 Å². The van der Waals surface area contributed by atoms with Crippen molar-refractivity contribution >= 4 is 18.1 Å². The van der Waals surface area contributed by atoms with E-state index in [1.54, 1.807) is 12.1 Å². The molecule has 12 N–H and O–H groups in total. The van der Waals surface area contributed by atoms with Gasteiger partial charge in [-0.1, -0.05) is 6.07 Å². The van der Waals surface area contributed by atoms with Crippen molar-refractivity contribution in [3.63, 3.8) is 0 Å². The van der Waals surface area contributed by atoms with Gasteiger partial charge in [0.05, 0.1) is 18.2 Å². The summed E-state index contributed by atoms with van der Waals surface area (Å²) in [7, 11) is 0. The van der Waals surface area contributed by atoms with Crippen molar-refractivity contribution in [2.45, 2.75) is 67.5 Å². The summed E-state index contributed by atoms with van der Waals surface area (Å²) in [5, 5.41) is 112. The molecule has 11 atom stereocenters. The minimum absolute atomic E-state index is 0.0179. The first kappa shape index (κ1) is 38.6. The lowest BCUT2D eigenvalue weighted by Crippen LogP contribution is -2.60. The molecule has 1 unspecified atom stereocenters. The van der Waals surface area contributed by atoms with Gasteiger partial charge in [0, 0.05) is 18.2 Å². The third-order valence-electron chi connectivity index (χ3n) is 8.95. The molecule has 0 amide bonds. The quantitative estimate of drug-likeness (QED) is 0.0678. The number of esters is 1. The molecular weight excluding hydrogens is 720 g/mol. The van der Waals surface area contributed by atoms with Gasteiger partial charge >= 0.3 is 5.97 Å². The van der Waals surface area contributed by atoms with Gasteiger partial charge in [0.15, 0.2) is 17.3 Å². The number of hydrogen-bond acceptors (Lipinski definition) is 17. The summed E-state index contributed by atoms with van der Waals surface area (Å²) in [6.45, 7) is -1.32. The van der Waals surface area contributed by atoms with E-state index in [0.717, 1.165) is 12.1 Å². The molecule has 3 aromatic rings. The van der Waals surface area contributed by atoms with E-state index in [9.17, 15) is 61.0 Å². The maximum absolute atomic E-state index is 12.7. The Morgan fingerprint density at radius 3 is 2.06 bits per heavy atom. The molecule has 3 aromatic carbocycles. The minimum Gasteiger partial charge on any atom is -0.571 e. The summed E-state index contributed by atoms with van der Waals surface area (Å²) in [6, 6.07) is 12.2. The second-order valence-corrected chi connectivity index (χ2v) is 12.7. The number of carbonyl (C=O) groups excluding carboxylic acids is 1. The van der Waals surface area contributed by atoms with E-state index in [1.807, 2.05) is 0 Å². The fourth-order valence-electron chi connectivity index (χ4n) is 5.96. The fraction of sp³-hybridized carbons (Fsp3) is 0.361. The highest BCUT2D eigenvalue weighted by Crippen LogP contribution is 2.45. The lowest BCUT2D eigenvalue weighted by atomic mass is 9.98. The predicted octanol–water partition coefficient (Wildman–Crippen LogP) is -0.894. The van der Waals surface area contributed by atoms with Crippen molar-refractivity contribution in [1.29, 1.82) is 0 Å². The Labute approximate surface area is 305 Å². The first-order valence-corrected chi connectivity index (χ1v) is 16.5. The standard InChI is InChI=1S/C36H38O18/c37-13-25-28(43)30(45)32(47)35(53-25)51-23-9-15(1-7-20(23)40)2-8-27(42)49-14-26-29(44)31(46)33(48)36(54-26)52-24-12-19-21(41)10-18(39)11-22(19)50-34(24)16-3-5-17(38)6-4-16/h1-12,25-26,28-41,43-48H,13-14H2/p+1/b8-2+/t25-,26+,28+,29+,30+,31+,32-,33+,34?,35+,36+/m0/s1. The van der Waals surface area contributed by atoms with Crippen LogP contribution < -0.4 is 4.74 Å². The van der Waals surface area contributed by atoms with Gasteiger partial charge in [0.25, 0.3) is 11.9 Å². The average molecular weight is 760 g/mol. The van der Waals surface area contributed by atoms with Crippen molar-refractivity contribution in [2.24, 2.45) is 0 Å². The zero-order valence-electron chi connectivity index (χ0n) is 28.0. The Morgan fingerprint density at radius 1 is 0.722 bits per heavy atom. The molecule has 0 saturated carbocycles. The van der Waals surface area contributed by atoms with Crippen LogP contribution in [0, 0.1) is 0 Å². The van der Waals surface area contributed by atoms with Crippen LogP contribution in [0.2, 0.25) is 0 Å². The number of phenols is 4. The zero-order valence-corrected chi connectivity index (χ0v) is 28.0. The molecule has 3 aliphatic rings. The van der Waals surface area contributed by atoms with Gasteiger partial charge in [0.1, 0.15) is 78.3 Å². The van der Waals surface area contributed by atoms with E-state index >= 15 is 0 Å². The minimum atomic E-state index is -1.83. The molecular formula is C36H39O18+. The van der Waals surface area contributed by atoms with Crippen LogP contribution in [0.5, 0.6) is 34.5 Å². The molecule has 0 spiro atoms. The number of fused-ring (bicyclic) bond motifs is 1. The molecule has 18 heteroatoms. The molecule has 0 aromatic heterocycles. The first-order valence-electron chi connectivity index (χ1n) is 16.5. The van der Waals surface area contributed by atoms with E-state index in [1.165, 1.54) is 48.6 Å². The van der Waals surface area contributed by atoms with E-state index in [2.05, 4.69) is 4.74 Å². The summed E-state index contributed by atoms with van der Waals surface area (Å²) >= 11 is 0. The Balaban J connectivity index is 1.12. The largest absolute Gasteiger partial charge is 0.571 e. The summed E-state index contributed by atoms with van der Waals surface area (Å²) in [6.07, 6.45) is -13.6. The van der Waals surface area contributed by atoms with E-state index in [0.29, 0.717) is 5.56 Å². The maximum atomic E-state index is 12.7. The molecule has 0 aliphatic carbocycles. The van der Waals surface area contributed by atoms with Gasteiger partial charge in [-0.2, -0.15) is 0 Å². The number of phenolic OH excluding ortho intramolecular Hbond substituents is 4. The Hall–Kier alpha value is -5.15. The predicted molar refractivity (Wildman–Crippen MR) is 181 cm³/mol. The molecule has 18 nitrogen and oxygen atoms in total. The number of aliphatic hydroxyl groups is 8. The Morgan fingerprint density at radius 2 is 1.37 bits per heavy atom. The van der Waals surface area contributed by atoms with Crippen molar-refractivity contribution in [3.05, 3.63) is 83.1 Å². The van der Waals surface area contributed by atoms with Gasteiger partial charge in [0.2, 0.25) is 12.6 Å². The highest BCUT2D eigenvalue weighted by atomic mass is 16.7. The Bertz CT molecular complexity index is 1860. The maximum Gasteiger partial charge on any atom is 0.330 e. The molecule has 3 heterocycles. The van der Waals surface area contributed by atoms with Crippen LogP contribution in [0.1, 0.15) is 22.8 Å². The van der Waals surface area contributed by atoms with Crippen LogP contribution in [-0.4, -0.2) is 142 Å². The van der Waals surface area contributed by atoms with E-state index < -0.39 is 92.4 Å². The highest BCUT2D eigenvalue weighted by Gasteiger charge is 2.48. The summed E-state index contributed by atoms with van der Waals surface area (Å²) < 4.78 is 32.3. The van der Waals surface area contributed by atoms with E-state index in [-0.39, 0.29) is 45.6 Å². The number of hydrogen-bond donors (Lipinski definition) is 11. The molecule has 0 radical (unpaired) electrons. The van der Waals surface area contributed by atoms with Crippen molar-refractivity contribution < 1.29 is 89.4 Å². The third kappa shape index (κ3) is 8.16. The lowest BCUT2D eigenvalue weighted by molar-refractivity contribution is -0.296. The lowest BCUT2D eigenvalue weighted by Gasteiger charge is -2.40. The number of aliphatic hydroxyl groups excluding tert-OH is 7. The molecule has 290 valence electrons. The number of rotatable bonds is 10. The highest BCUT2D eigenvalue weighted by molar-refractivity contribution is 5.87. The Kier molecular flexibility index (Phi) is 11.5. The molecule has 2 saturated heterocycles. The van der Waals surface area contributed by atoms with Crippen molar-refractivity contribution in [2.75, 3.05) is 13.2 Å². The third-order valence-corrected chi connectivity index (χ3v) is 8.95. The monoisotopic (exact) mass is 759 g/mol. The molecule has 54 heavy (non-hydrogen) atoms. The number of ether oxygens (including phenoxy) is 6. The van der Waals surface area contributed by atoms with Crippen LogP contribution in [0.15, 0.2) is 66.4 Å². The second-order valence-electron chi connectivity index (χ2n) is 12.7. The van der Waals surface area contributed by atoms with Gasteiger partial charge in [-0.3, -0.25) is 0 Å². The summed E-state index contributed by atoms with van der Waals surface area (Å²) in [5.74, 6) is -1.96. The van der Waals surface area contributed by atoms with Gasteiger partial charge in [-0.05, 0) is 48.0 Å². The number of aromatic hydroxyl groups is 5. The fourth-order valence-corrected chi connectivity index (χ4v) is 5.96. The van der Waals surface area contributed by atoms with Crippen molar-refractivity contribution in [3.8, 4) is 34.5 Å². The number of carbonyl (C=O) groups is 1. The number of benzene rings is 3. The van der Waals surface area contributed by atoms with Gasteiger partial charge in [-0.25, -0.2) is 4.79 Å². The topological polar surface area (TPSA) is 299 Å².